The number of hydrogen-bond acceptors (Lipinski definition) is 5. The number of nitrogens with zero attached hydrogens (tertiary/aromatic N) is 1. The fraction of sp³-hybridized carbons (Fsp3) is 0.389. The summed E-state index contributed by atoms with van der Waals surface area (Å²) in [5.41, 5.74) is 2.45. The number of aliphatic hydroxyl groups is 1. The summed E-state index contributed by atoms with van der Waals surface area (Å²) in [7, 11) is 0. The van der Waals surface area contributed by atoms with E-state index in [2.05, 4.69) is 4.90 Å². The number of likely N-dealkylation sites (tertiary alicyclic amines) is 1. The van der Waals surface area contributed by atoms with Gasteiger partial charge in [0.2, 0.25) is 0 Å². The zero-order chi connectivity index (χ0) is 15.8. The second kappa shape index (κ2) is 5.83. The Bertz CT molecular complexity index is 736. The highest BCUT2D eigenvalue weighted by molar-refractivity contribution is 5.94. The third kappa shape index (κ3) is 2.78. The summed E-state index contributed by atoms with van der Waals surface area (Å²) < 4.78 is 11.0. The topological polar surface area (TPSA) is 62.9 Å². The first-order valence-electron chi connectivity index (χ1n) is 7.95. The van der Waals surface area contributed by atoms with Crippen LogP contribution in [0.25, 0.3) is 11.3 Å². The molecule has 1 aromatic heterocycles. The van der Waals surface area contributed by atoms with Crippen LogP contribution in [0.3, 0.4) is 0 Å². The standard InChI is InChI=1S/C18H19NO4/c20-10-12-5-6-19(8-12)9-15-3-4-17(23-15)13-1-2-14-11-22-18(21)16(14)7-13/h1-4,7,12,20H,5-6,8-11H2/t12-/m0/s1. The number of ether oxygens (including phenoxy) is 1. The Morgan fingerprint density at radius 3 is 3.00 bits per heavy atom. The molecule has 0 amide bonds. The lowest BCUT2D eigenvalue weighted by atomic mass is 10.0. The molecular formula is C18H19NO4. The molecule has 4 rings (SSSR count). The molecule has 0 radical (unpaired) electrons. The fourth-order valence-electron chi connectivity index (χ4n) is 3.31. The molecule has 1 N–H and O–H groups in total. The average molecular weight is 313 g/mol. The Labute approximate surface area is 134 Å². The van der Waals surface area contributed by atoms with Gasteiger partial charge in [0.25, 0.3) is 0 Å². The van der Waals surface area contributed by atoms with Crippen LogP contribution in [0.4, 0.5) is 0 Å². The molecule has 1 atom stereocenters. The monoisotopic (exact) mass is 313 g/mol. The Kier molecular flexibility index (Phi) is 3.67. The first kappa shape index (κ1) is 14.5. The van der Waals surface area contributed by atoms with Crippen LogP contribution in [0.1, 0.15) is 28.1 Å². The molecule has 1 fully saturated rings. The molecule has 1 saturated heterocycles. The smallest absolute Gasteiger partial charge is 0.338 e. The SMILES string of the molecule is O=C1OCc2ccc(-c3ccc(CN4CC[C@H](CO)C4)o3)cc21. The lowest BCUT2D eigenvalue weighted by Gasteiger charge is -2.13. The molecule has 3 heterocycles. The summed E-state index contributed by atoms with van der Waals surface area (Å²) in [6.45, 7) is 3.27. The average Bonchev–Trinajstić information content (AvgIpc) is 3.29. The molecule has 0 unspecified atom stereocenters. The number of carbonyl (C=O) groups excluding carboxylic acids is 1. The van der Waals surface area contributed by atoms with Crippen molar-refractivity contribution in [1.82, 2.24) is 4.90 Å². The molecule has 0 aliphatic carbocycles. The van der Waals surface area contributed by atoms with Crippen LogP contribution < -0.4 is 0 Å². The van der Waals surface area contributed by atoms with Gasteiger partial charge >= 0.3 is 5.97 Å². The molecule has 2 aromatic rings. The van der Waals surface area contributed by atoms with Gasteiger partial charge in [0.15, 0.2) is 0 Å². The van der Waals surface area contributed by atoms with E-state index in [1.807, 2.05) is 30.3 Å². The van der Waals surface area contributed by atoms with E-state index >= 15 is 0 Å². The zero-order valence-electron chi connectivity index (χ0n) is 12.8. The van der Waals surface area contributed by atoms with Gasteiger partial charge in [-0.05, 0) is 37.1 Å². The second-order valence-electron chi connectivity index (χ2n) is 6.29. The number of carbonyl (C=O) groups is 1. The highest BCUT2D eigenvalue weighted by atomic mass is 16.5. The van der Waals surface area contributed by atoms with Gasteiger partial charge in [0, 0.05) is 24.3 Å². The molecule has 2 aliphatic heterocycles. The molecule has 2 aliphatic rings. The number of rotatable bonds is 4. The van der Waals surface area contributed by atoms with Crippen LogP contribution in [0.5, 0.6) is 0 Å². The van der Waals surface area contributed by atoms with Crippen molar-refractivity contribution in [3.05, 3.63) is 47.2 Å². The minimum atomic E-state index is -0.263. The Morgan fingerprint density at radius 2 is 2.17 bits per heavy atom. The fourth-order valence-corrected chi connectivity index (χ4v) is 3.31. The van der Waals surface area contributed by atoms with Crippen molar-refractivity contribution >= 4 is 5.97 Å². The number of fused-ring (bicyclic) bond motifs is 1. The molecule has 0 saturated carbocycles. The van der Waals surface area contributed by atoms with Crippen molar-refractivity contribution in [3.8, 4) is 11.3 Å². The van der Waals surface area contributed by atoms with Crippen LogP contribution >= 0.6 is 0 Å². The Balaban J connectivity index is 1.50. The second-order valence-corrected chi connectivity index (χ2v) is 6.29. The van der Waals surface area contributed by atoms with Crippen molar-refractivity contribution in [2.75, 3.05) is 19.7 Å². The molecule has 120 valence electrons. The molecular weight excluding hydrogens is 294 g/mol. The first-order chi connectivity index (χ1) is 11.2. The van der Waals surface area contributed by atoms with Crippen molar-refractivity contribution < 1.29 is 19.1 Å². The lowest BCUT2D eigenvalue weighted by Crippen LogP contribution is -2.20. The Morgan fingerprint density at radius 1 is 1.26 bits per heavy atom. The van der Waals surface area contributed by atoms with Crippen molar-refractivity contribution in [2.24, 2.45) is 5.92 Å². The van der Waals surface area contributed by atoms with Gasteiger partial charge in [-0.1, -0.05) is 12.1 Å². The van der Waals surface area contributed by atoms with Crippen LogP contribution in [-0.4, -0.2) is 35.7 Å². The zero-order valence-corrected chi connectivity index (χ0v) is 12.8. The van der Waals surface area contributed by atoms with Crippen molar-refractivity contribution in [2.45, 2.75) is 19.6 Å². The van der Waals surface area contributed by atoms with Crippen LogP contribution in [0.2, 0.25) is 0 Å². The number of hydrogen-bond donors (Lipinski definition) is 1. The maximum Gasteiger partial charge on any atom is 0.338 e. The van der Waals surface area contributed by atoms with E-state index in [1.54, 1.807) is 0 Å². The predicted octanol–water partition coefficient (Wildman–Crippen LogP) is 2.43. The number of furan rings is 1. The minimum Gasteiger partial charge on any atom is -0.460 e. The van der Waals surface area contributed by atoms with Gasteiger partial charge in [0.05, 0.1) is 12.1 Å². The normalized spacial score (nSPS) is 20.7. The lowest BCUT2D eigenvalue weighted by molar-refractivity contribution is 0.0535. The summed E-state index contributed by atoms with van der Waals surface area (Å²) in [6.07, 6.45) is 1.04. The summed E-state index contributed by atoms with van der Waals surface area (Å²) >= 11 is 0. The molecule has 0 bridgehead atoms. The highest BCUT2D eigenvalue weighted by Crippen LogP contribution is 2.29. The van der Waals surface area contributed by atoms with Gasteiger partial charge in [-0.25, -0.2) is 4.79 Å². The number of esters is 1. The van der Waals surface area contributed by atoms with Gasteiger partial charge in [0.1, 0.15) is 18.1 Å². The van der Waals surface area contributed by atoms with E-state index in [0.717, 1.165) is 48.7 Å². The third-order valence-electron chi connectivity index (χ3n) is 4.64. The molecule has 23 heavy (non-hydrogen) atoms. The maximum atomic E-state index is 11.7. The summed E-state index contributed by atoms with van der Waals surface area (Å²) in [6, 6.07) is 9.64. The summed E-state index contributed by atoms with van der Waals surface area (Å²) in [5, 5.41) is 9.21. The number of benzene rings is 1. The first-order valence-corrected chi connectivity index (χ1v) is 7.95. The van der Waals surface area contributed by atoms with Crippen molar-refractivity contribution in [1.29, 1.82) is 0 Å². The number of cyclic esters (lactones) is 1. The van der Waals surface area contributed by atoms with Gasteiger partial charge in [-0.2, -0.15) is 0 Å². The van der Waals surface area contributed by atoms with E-state index in [1.165, 1.54) is 0 Å². The van der Waals surface area contributed by atoms with E-state index in [4.69, 9.17) is 9.15 Å². The van der Waals surface area contributed by atoms with E-state index in [9.17, 15) is 9.90 Å². The predicted molar refractivity (Wildman–Crippen MR) is 83.7 cm³/mol. The molecule has 1 aromatic carbocycles. The maximum absolute atomic E-state index is 11.7. The Hall–Kier alpha value is -2.11. The minimum absolute atomic E-state index is 0.255. The number of aliphatic hydroxyl groups excluding tert-OH is 1. The van der Waals surface area contributed by atoms with Gasteiger partial charge in [-0.3, -0.25) is 4.90 Å². The largest absolute Gasteiger partial charge is 0.460 e. The van der Waals surface area contributed by atoms with Crippen molar-refractivity contribution in [3.63, 3.8) is 0 Å². The quantitative estimate of drug-likeness (QED) is 0.878. The third-order valence-corrected chi connectivity index (χ3v) is 4.64. The highest BCUT2D eigenvalue weighted by Gasteiger charge is 2.24. The molecule has 5 heteroatoms. The van der Waals surface area contributed by atoms with Crippen LogP contribution in [0.15, 0.2) is 34.7 Å². The van der Waals surface area contributed by atoms with Gasteiger partial charge < -0.3 is 14.3 Å². The van der Waals surface area contributed by atoms with Crippen LogP contribution in [0, 0.1) is 5.92 Å². The summed E-state index contributed by atoms with van der Waals surface area (Å²) in [5.74, 6) is 1.79. The van der Waals surface area contributed by atoms with E-state index in [0.29, 0.717) is 18.1 Å². The molecule has 5 nitrogen and oxygen atoms in total. The van der Waals surface area contributed by atoms with Gasteiger partial charge in [-0.15, -0.1) is 0 Å². The van der Waals surface area contributed by atoms with E-state index < -0.39 is 0 Å². The van der Waals surface area contributed by atoms with E-state index in [-0.39, 0.29) is 12.6 Å². The molecule has 0 spiro atoms. The summed E-state index contributed by atoms with van der Waals surface area (Å²) in [4.78, 5) is 14.0. The van der Waals surface area contributed by atoms with Crippen LogP contribution in [-0.2, 0) is 17.9 Å².